The van der Waals surface area contributed by atoms with Crippen molar-refractivity contribution in [2.75, 3.05) is 31.1 Å². The lowest BCUT2D eigenvalue weighted by atomic mass is 9.96. The van der Waals surface area contributed by atoms with Crippen molar-refractivity contribution in [1.82, 2.24) is 15.1 Å². The molecule has 0 bridgehead atoms. The van der Waals surface area contributed by atoms with Crippen molar-refractivity contribution >= 4 is 35.4 Å². The number of carbonyl (C=O) groups is 5. The van der Waals surface area contributed by atoms with Crippen LogP contribution >= 0.6 is 0 Å². The number of amides is 5. The van der Waals surface area contributed by atoms with Crippen molar-refractivity contribution in [2.45, 2.75) is 31.8 Å². The van der Waals surface area contributed by atoms with Crippen molar-refractivity contribution in [2.24, 2.45) is 0 Å². The number of urea groups is 1. The first-order valence-electron chi connectivity index (χ1n) is 9.91. The van der Waals surface area contributed by atoms with E-state index >= 15 is 0 Å². The second-order valence-corrected chi connectivity index (χ2v) is 7.37. The third-order valence-electron chi connectivity index (χ3n) is 5.63. The lowest BCUT2D eigenvalue weighted by Gasteiger charge is -2.48. The molecule has 30 heavy (non-hydrogen) atoms. The van der Waals surface area contributed by atoms with E-state index in [0.717, 1.165) is 4.90 Å². The number of imide groups is 1. The molecular weight excluding hydrogens is 392 g/mol. The summed E-state index contributed by atoms with van der Waals surface area (Å²) in [7, 11) is 0. The third-order valence-corrected chi connectivity index (χ3v) is 5.63. The van der Waals surface area contributed by atoms with Gasteiger partial charge in [0.15, 0.2) is 6.61 Å². The van der Waals surface area contributed by atoms with Crippen LogP contribution in [0.4, 0.5) is 10.5 Å². The highest BCUT2D eigenvalue weighted by Gasteiger charge is 2.61. The first-order valence-corrected chi connectivity index (χ1v) is 9.91. The van der Waals surface area contributed by atoms with Gasteiger partial charge in [-0.15, -0.1) is 0 Å². The normalized spacial score (nSPS) is 22.7. The average Bonchev–Trinajstić information content (AvgIpc) is 3.33. The van der Waals surface area contributed by atoms with Gasteiger partial charge in [-0.05, 0) is 18.6 Å². The van der Waals surface area contributed by atoms with E-state index in [1.807, 2.05) is 6.92 Å². The van der Waals surface area contributed by atoms with E-state index < -0.39 is 30.2 Å². The lowest BCUT2D eigenvalue weighted by Crippen LogP contribution is -2.68. The molecule has 1 N–H and O–H groups in total. The van der Waals surface area contributed by atoms with Crippen LogP contribution < -0.4 is 10.2 Å². The third kappa shape index (κ3) is 2.82. The van der Waals surface area contributed by atoms with Gasteiger partial charge < -0.3 is 15.0 Å². The van der Waals surface area contributed by atoms with Crippen molar-refractivity contribution in [3.63, 3.8) is 0 Å². The lowest BCUT2D eigenvalue weighted by molar-refractivity contribution is -0.161. The Morgan fingerprint density at radius 2 is 1.97 bits per heavy atom. The van der Waals surface area contributed by atoms with Crippen molar-refractivity contribution < 1.29 is 28.7 Å². The molecule has 3 aliphatic rings. The smallest absolute Gasteiger partial charge is 0.354 e. The van der Waals surface area contributed by atoms with Crippen LogP contribution in [0.1, 0.15) is 36.5 Å². The monoisotopic (exact) mass is 414 g/mol. The molecule has 0 radical (unpaired) electrons. The minimum atomic E-state index is -1.63. The topological polar surface area (TPSA) is 116 Å². The van der Waals surface area contributed by atoms with Gasteiger partial charge in [0, 0.05) is 32.5 Å². The Morgan fingerprint density at radius 3 is 2.67 bits per heavy atom. The molecular formula is C20H22N4O6. The fraction of sp³-hybridized carbons (Fsp3) is 0.450. The van der Waals surface area contributed by atoms with Crippen molar-refractivity contribution in [3.05, 3.63) is 29.8 Å². The average molecular weight is 414 g/mol. The molecule has 158 valence electrons. The highest BCUT2D eigenvalue weighted by molar-refractivity contribution is 6.15. The Labute approximate surface area is 172 Å². The second-order valence-electron chi connectivity index (χ2n) is 7.37. The van der Waals surface area contributed by atoms with E-state index in [0.29, 0.717) is 24.2 Å². The van der Waals surface area contributed by atoms with E-state index in [4.69, 9.17) is 4.74 Å². The summed E-state index contributed by atoms with van der Waals surface area (Å²) in [5.41, 5.74) is -0.930. The molecule has 1 atom stereocenters. The van der Waals surface area contributed by atoms with Gasteiger partial charge in [-0.3, -0.25) is 24.2 Å². The van der Waals surface area contributed by atoms with E-state index in [-0.39, 0.29) is 37.7 Å². The maximum absolute atomic E-state index is 13.3. The number of ether oxygens (including phenoxy) is 1. The molecule has 0 unspecified atom stereocenters. The number of esters is 1. The first-order chi connectivity index (χ1) is 14.4. The molecule has 1 aromatic rings. The Kier molecular flexibility index (Phi) is 4.92. The summed E-state index contributed by atoms with van der Waals surface area (Å²) < 4.78 is 5.30. The summed E-state index contributed by atoms with van der Waals surface area (Å²) >= 11 is 0. The van der Waals surface area contributed by atoms with Crippen LogP contribution in [0, 0.1) is 0 Å². The Morgan fingerprint density at radius 1 is 1.20 bits per heavy atom. The van der Waals surface area contributed by atoms with Gasteiger partial charge in [-0.25, -0.2) is 9.59 Å². The molecule has 5 amide bonds. The van der Waals surface area contributed by atoms with Crippen LogP contribution in [0.25, 0.3) is 0 Å². The van der Waals surface area contributed by atoms with Gasteiger partial charge in [-0.1, -0.05) is 19.1 Å². The minimum absolute atomic E-state index is 0.0689. The van der Waals surface area contributed by atoms with Gasteiger partial charge in [0.2, 0.25) is 11.6 Å². The zero-order valence-electron chi connectivity index (χ0n) is 16.6. The van der Waals surface area contributed by atoms with Crippen LogP contribution in [0.2, 0.25) is 0 Å². The summed E-state index contributed by atoms with van der Waals surface area (Å²) in [5, 5.41) is 2.50. The molecule has 1 aromatic carbocycles. The Bertz CT molecular complexity index is 947. The maximum Gasteiger partial charge on any atom is 0.354 e. The predicted octanol–water partition coefficient (Wildman–Crippen LogP) is 0.471. The summed E-state index contributed by atoms with van der Waals surface area (Å²) in [6, 6.07) is 6.10. The molecule has 0 spiro atoms. The van der Waals surface area contributed by atoms with E-state index in [1.165, 1.54) is 9.80 Å². The zero-order valence-corrected chi connectivity index (χ0v) is 16.6. The number of carbonyl (C=O) groups excluding carboxylic acids is 5. The molecule has 0 aromatic heterocycles. The summed E-state index contributed by atoms with van der Waals surface area (Å²) in [5.74, 6) is -2.16. The van der Waals surface area contributed by atoms with Crippen molar-refractivity contribution in [1.29, 1.82) is 0 Å². The molecule has 3 aliphatic heterocycles. The van der Waals surface area contributed by atoms with Gasteiger partial charge in [0.1, 0.15) is 0 Å². The number of nitrogens with zero attached hydrogens (tertiary/aromatic N) is 3. The van der Waals surface area contributed by atoms with Crippen LogP contribution in [-0.4, -0.2) is 71.4 Å². The quantitative estimate of drug-likeness (QED) is 0.700. The first kappa shape index (κ1) is 19.9. The van der Waals surface area contributed by atoms with Crippen LogP contribution in [0.5, 0.6) is 0 Å². The van der Waals surface area contributed by atoms with E-state index in [2.05, 4.69) is 5.32 Å². The van der Waals surface area contributed by atoms with Crippen LogP contribution in [-0.2, 0) is 19.1 Å². The standard InChI is InChI=1S/C20H22N4O6/c1-2-10-23-17(27)13-5-3-4-6-14(13)24-15(25)7-8-20(23,24)18(28)30-12-16(26)22-11-9-21-19(22)29/h3-6H,2,7-12H2,1H3,(H,21,29)/t20-/m1/s1. The van der Waals surface area contributed by atoms with Crippen LogP contribution in [0.3, 0.4) is 0 Å². The summed E-state index contributed by atoms with van der Waals surface area (Å²) in [6.07, 6.45) is 0.709. The van der Waals surface area contributed by atoms with Crippen molar-refractivity contribution in [3.8, 4) is 0 Å². The van der Waals surface area contributed by atoms with Crippen LogP contribution in [0.15, 0.2) is 24.3 Å². The molecule has 10 heteroatoms. The number of anilines is 1. The van der Waals surface area contributed by atoms with E-state index in [1.54, 1.807) is 24.3 Å². The second kappa shape index (κ2) is 7.43. The maximum atomic E-state index is 13.3. The highest BCUT2D eigenvalue weighted by atomic mass is 16.5. The molecule has 0 saturated carbocycles. The molecule has 0 aliphatic carbocycles. The molecule has 4 rings (SSSR count). The number of nitrogens with one attached hydrogen (secondary N) is 1. The van der Waals surface area contributed by atoms with Gasteiger partial charge in [-0.2, -0.15) is 0 Å². The van der Waals surface area contributed by atoms with Gasteiger partial charge in [0.25, 0.3) is 11.8 Å². The molecule has 3 heterocycles. The molecule has 10 nitrogen and oxygen atoms in total. The summed E-state index contributed by atoms with van der Waals surface area (Å²) in [4.78, 5) is 66.9. The largest absolute Gasteiger partial charge is 0.452 e. The number of benzene rings is 1. The predicted molar refractivity (Wildman–Crippen MR) is 103 cm³/mol. The van der Waals surface area contributed by atoms with Gasteiger partial charge >= 0.3 is 12.0 Å². The fourth-order valence-electron chi connectivity index (χ4n) is 4.31. The van der Waals surface area contributed by atoms with Gasteiger partial charge in [0.05, 0.1) is 11.3 Å². The fourth-order valence-corrected chi connectivity index (χ4v) is 4.31. The zero-order chi connectivity index (χ0) is 21.5. The molecule has 2 fully saturated rings. The SMILES string of the molecule is CCCN1C(=O)c2ccccc2N2C(=O)CC[C@@]12C(=O)OCC(=O)N1CCNC1=O. The number of para-hydroxylation sites is 1. The number of hydrogen-bond donors (Lipinski definition) is 1. The Hall–Kier alpha value is -3.43. The van der Waals surface area contributed by atoms with E-state index in [9.17, 15) is 24.0 Å². The number of fused-ring (bicyclic) bond motifs is 3. The minimum Gasteiger partial charge on any atom is -0.452 e. The summed E-state index contributed by atoms with van der Waals surface area (Å²) in [6.45, 7) is 1.99. The number of hydrogen-bond acceptors (Lipinski definition) is 6. The Balaban J connectivity index is 1.67. The highest BCUT2D eigenvalue weighted by Crippen LogP contribution is 2.45. The number of rotatable bonds is 5. The molecule has 2 saturated heterocycles.